The molecule has 1 saturated heterocycles. The van der Waals surface area contributed by atoms with Gasteiger partial charge >= 0.3 is 6.03 Å². The van der Waals surface area contributed by atoms with Crippen molar-refractivity contribution in [3.8, 4) is 0 Å². The van der Waals surface area contributed by atoms with Crippen molar-refractivity contribution in [3.05, 3.63) is 47.7 Å². The van der Waals surface area contributed by atoms with Crippen molar-refractivity contribution in [2.45, 2.75) is 32.2 Å². The highest BCUT2D eigenvalue weighted by atomic mass is 16.5. The summed E-state index contributed by atoms with van der Waals surface area (Å²) in [5.41, 5.74) is 2.53. The molecule has 0 radical (unpaired) electrons. The highest BCUT2D eigenvalue weighted by Gasteiger charge is 2.29. The summed E-state index contributed by atoms with van der Waals surface area (Å²) in [4.78, 5) is 14.2. The number of anilines is 1. The average Bonchev–Trinajstić information content (AvgIpc) is 3.13. The topological polar surface area (TPSA) is 58.4 Å². The fourth-order valence-electron chi connectivity index (χ4n) is 2.77. The van der Waals surface area contributed by atoms with E-state index in [2.05, 4.69) is 41.7 Å². The predicted molar refractivity (Wildman–Crippen MR) is 80.1 cm³/mol. The minimum absolute atomic E-state index is 0.0986. The molecule has 0 saturated carbocycles. The fraction of sp³-hybridized carbons (Fsp3) is 0.375. The van der Waals surface area contributed by atoms with Crippen LogP contribution in [-0.2, 0) is 6.42 Å². The van der Waals surface area contributed by atoms with Crippen molar-refractivity contribution in [1.82, 2.24) is 10.1 Å². The van der Waals surface area contributed by atoms with E-state index < -0.39 is 0 Å². The Bertz CT molecular complexity index is 592. The maximum Gasteiger partial charge on any atom is 0.323 e. The first-order chi connectivity index (χ1) is 10.2. The Balaban J connectivity index is 1.64. The van der Waals surface area contributed by atoms with Crippen molar-refractivity contribution >= 4 is 11.8 Å². The molecule has 3 rings (SSSR count). The normalized spacial score (nSPS) is 18.0. The maximum absolute atomic E-state index is 12.3. The van der Waals surface area contributed by atoms with Crippen LogP contribution in [0.5, 0.6) is 0 Å². The van der Waals surface area contributed by atoms with Gasteiger partial charge in [0.05, 0.1) is 0 Å². The standard InChI is InChI=1S/C16H19N3O2/c1-12-4-6-13(7-5-12)11-14-3-2-9-19(14)16(20)17-15-8-10-21-18-15/h4-8,10,14H,2-3,9,11H2,1H3,(H,17,18,20)/t14-/m0/s1. The van der Waals surface area contributed by atoms with Crippen LogP contribution in [-0.4, -0.2) is 28.7 Å². The lowest BCUT2D eigenvalue weighted by atomic mass is 10.0. The number of nitrogens with zero attached hydrogens (tertiary/aromatic N) is 2. The SMILES string of the molecule is Cc1ccc(C[C@@H]2CCCN2C(=O)Nc2ccon2)cc1. The number of aryl methyl sites for hydroxylation is 1. The Morgan fingerprint density at radius 1 is 1.38 bits per heavy atom. The van der Waals surface area contributed by atoms with Gasteiger partial charge in [0.25, 0.3) is 0 Å². The second-order valence-corrected chi connectivity index (χ2v) is 5.49. The Morgan fingerprint density at radius 3 is 2.90 bits per heavy atom. The molecule has 5 nitrogen and oxygen atoms in total. The van der Waals surface area contributed by atoms with Crippen LogP contribution in [0.15, 0.2) is 41.1 Å². The third-order valence-corrected chi connectivity index (χ3v) is 3.90. The number of carbonyl (C=O) groups is 1. The molecule has 0 aliphatic carbocycles. The fourth-order valence-corrected chi connectivity index (χ4v) is 2.77. The molecule has 110 valence electrons. The van der Waals surface area contributed by atoms with Gasteiger partial charge in [-0.2, -0.15) is 0 Å². The molecule has 1 aromatic carbocycles. The van der Waals surface area contributed by atoms with Gasteiger partial charge in [0.15, 0.2) is 5.82 Å². The zero-order chi connectivity index (χ0) is 14.7. The Labute approximate surface area is 123 Å². The van der Waals surface area contributed by atoms with E-state index in [-0.39, 0.29) is 12.1 Å². The summed E-state index contributed by atoms with van der Waals surface area (Å²) in [6, 6.07) is 10.3. The Hall–Kier alpha value is -2.30. The van der Waals surface area contributed by atoms with Gasteiger partial charge in [-0.05, 0) is 31.7 Å². The first-order valence-electron chi connectivity index (χ1n) is 7.26. The predicted octanol–water partition coefficient (Wildman–Crippen LogP) is 3.22. The molecule has 2 aromatic rings. The first-order valence-corrected chi connectivity index (χ1v) is 7.26. The van der Waals surface area contributed by atoms with Crippen LogP contribution in [0.2, 0.25) is 0 Å². The molecule has 2 heterocycles. The van der Waals surface area contributed by atoms with E-state index in [4.69, 9.17) is 4.52 Å². The molecule has 1 atom stereocenters. The highest BCUT2D eigenvalue weighted by molar-refractivity contribution is 5.88. The monoisotopic (exact) mass is 285 g/mol. The summed E-state index contributed by atoms with van der Waals surface area (Å²) in [5, 5.41) is 6.48. The van der Waals surface area contributed by atoms with Crippen LogP contribution in [0.1, 0.15) is 24.0 Å². The molecule has 1 aliphatic rings. The lowest BCUT2D eigenvalue weighted by Crippen LogP contribution is -2.39. The van der Waals surface area contributed by atoms with E-state index >= 15 is 0 Å². The van der Waals surface area contributed by atoms with Crippen LogP contribution in [0.25, 0.3) is 0 Å². The summed E-state index contributed by atoms with van der Waals surface area (Å²) >= 11 is 0. The summed E-state index contributed by atoms with van der Waals surface area (Å²) in [6.45, 7) is 2.87. The van der Waals surface area contributed by atoms with Gasteiger partial charge in [0.2, 0.25) is 0 Å². The van der Waals surface area contributed by atoms with Crippen LogP contribution >= 0.6 is 0 Å². The van der Waals surface area contributed by atoms with E-state index in [0.717, 1.165) is 25.8 Å². The van der Waals surface area contributed by atoms with Crippen LogP contribution < -0.4 is 5.32 Å². The van der Waals surface area contributed by atoms with Gasteiger partial charge in [0, 0.05) is 18.7 Å². The zero-order valence-corrected chi connectivity index (χ0v) is 12.1. The summed E-state index contributed by atoms with van der Waals surface area (Å²) in [6.07, 6.45) is 4.43. The van der Waals surface area contributed by atoms with Gasteiger partial charge in [-0.25, -0.2) is 4.79 Å². The van der Waals surface area contributed by atoms with E-state index in [9.17, 15) is 4.79 Å². The molecule has 5 heteroatoms. The van der Waals surface area contributed by atoms with Crippen molar-refractivity contribution in [2.24, 2.45) is 0 Å². The summed E-state index contributed by atoms with van der Waals surface area (Å²) in [5.74, 6) is 0.459. The van der Waals surface area contributed by atoms with E-state index in [0.29, 0.717) is 5.82 Å². The molecule has 2 amide bonds. The molecule has 0 spiro atoms. The number of benzene rings is 1. The van der Waals surface area contributed by atoms with Crippen molar-refractivity contribution in [3.63, 3.8) is 0 Å². The van der Waals surface area contributed by atoms with Gasteiger partial charge in [-0.1, -0.05) is 35.0 Å². The maximum atomic E-state index is 12.3. The number of hydrogen-bond donors (Lipinski definition) is 1. The van der Waals surface area contributed by atoms with Crippen molar-refractivity contribution in [2.75, 3.05) is 11.9 Å². The molecule has 21 heavy (non-hydrogen) atoms. The number of carbonyl (C=O) groups excluding carboxylic acids is 1. The number of amides is 2. The molecule has 0 unspecified atom stereocenters. The molecule has 1 fully saturated rings. The number of aromatic nitrogens is 1. The van der Waals surface area contributed by atoms with Crippen LogP contribution in [0.3, 0.4) is 0 Å². The third kappa shape index (κ3) is 3.24. The quantitative estimate of drug-likeness (QED) is 0.942. The second kappa shape index (κ2) is 5.99. The van der Waals surface area contributed by atoms with Gasteiger partial charge < -0.3 is 9.42 Å². The largest absolute Gasteiger partial charge is 0.363 e. The Morgan fingerprint density at radius 2 is 2.19 bits per heavy atom. The highest BCUT2D eigenvalue weighted by Crippen LogP contribution is 2.22. The summed E-state index contributed by atoms with van der Waals surface area (Å²) < 4.78 is 4.73. The third-order valence-electron chi connectivity index (χ3n) is 3.90. The molecule has 1 aliphatic heterocycles. The van der Waals surface area contributed by atoms with Crippen LogP contribution in [0, 0.1) is 6.92 Å². The minimum atomic E-state index is -0.0986. The van der Waals surface area contributed by atoms with Gasteiger partial charge in [-0.3, -0.25) is 5.32 Å². The molecule has 0 bridgehead atoms. The number of likely N-dealkylation sites (tertiary alicyclic amines) is 1. The molecule has 1 N–H and O–H groups in total. The van der Waals surface area contributed by atoms with E-state index in [1.165, 1.54) is 17.4 Å². The van der Waals surface area contributed by atoms with Gasteiger partial charge in [-0.15, -0.1) is 0 Å². The Kier molecular flexibility index (Phi) is 3.90. The zero-order valence-electron chi connectivity index (χ0n) is 12.1. The van der Waals surface area contributed by atoms with Crippen molar-refractivity contribution in [1.29, 1.82) is 0 Å². The number of rotatable bonds is 3. The molecule has 1 aromatic heterocycles. The smallest absolute Gasteiger partial charge is 0.323 e. The van der Waals surface area contributed by atoms with Crippen molar-refractivity contribution < 1.29 is 9.32 Å². The lowest BCUT2D eigenvalue weighted by Gasteiger charge is -2.24. The minimum Gasteiger partial charge on any atom is -0.363 e. The number of hydrogen-bond acceptors (Lipinski definition) is 3. The second-order valence-electron chi connectivity index (χ2n) is 5.49. The van der Waals surface area contributed by atoms with Crippen LogP contribution in [0.4, 0.5) is 10.6 Å². The average molecular weight is 285 g/mol. The number of urea groups is 1. The number of nitrogens with one attached hydrogen (secondary N) is 1. The lowest BCUT2D eigenvalue weighted by molar-refractivity contribution is 0.206. The first kappa shape index (κ1) is 13.7. The van der Waals surface area contributed by atoms with E-state index in [1.807, 2.05) is 4.90 Å². The molecular formula is C16H19N3O2. The molecular weight excluding hydrogens is 266 g/mol. The van der Waals surface area contributed by atoms with E-state index in [1.54, 1.807) is 6.07 Å². The van der Waals surface area contributed by atoms with Gasteiger partial charge in [0.1, 0.15) is 6.26 Å². The summed E-state index contributed by atoms with van der Waals surface area (Å²) in [7, 11) is 0.